The highest BCUT2D eigenvalue weighted by Gasteiger charge is 2.42. The van der Waals surface area contributed by atoms with Crippen molar-refractivity contribution in [2.45, 2.75) is 52.0 Å². The highest BCUT2D eigenvalue weighted by atomic mass is 16.3. The van der Waals surface area contributed by atoms with E-state index in [2.05, 4.69) is 48.3 Å². The summed E-state index contributed by atoms with van der Waals surface area (Å²) in [6.07, 6.45) is 3.00. The molecule has 0 saturated carbocycles. The van der Waals surface area contributed by atoms with E-state index in [4.69, 9.17) is 4.42 Å². The lowest BCUT2D eigenvalue weighted by atomic mass is 9.79. The predicted molar refractivity (Wildman–Crippen MR) is 143 cm³/mol. The van der Waals surface area contributed by atoms with Crippen LogP contribution in [-0.2, 0) is 9.59 Å². The molecule has 6 nitrogen and oxygen atoms in total. The molecule has 5 rings (SSSR count). The van der Waals surface area contributed by atoms with E-state index in [-0.39, 0.29) is 17.6 Å². The second-order valence-corrected chi connectivity index (χ2v) is 9.36. The number of hydrogen-bond acceptors (Lipinski definition) is 5. The molecule has 2 aliphatic rings. The van der Waals surface area contributed by atoms with Crippen LogP contribution in [0.25, 0.3) is 0 Å². The van der Waals surface area contributed by atoms with Gasteiger partial charge in [-0.05, 0) is 68.1 Å². The number of ketones is 1. The molecule has 0 radical (unpaired) electrons. The summed E-state index contributed by atoms with van der Waals surface area (Å²) in [6, 6.07) is 19.4. The predicted octanol–water partition coefficient (Wildman–Crippen LogP) is 6.44. The number of carbonyl (C=O) groups excluding carboxylic acids is 2. The van der Waals surface area contributed by atoms with E-state index in [1.165, 1.54) is 5.69 Å². The van der Waals surface area contributed by atoms with Crippen molar-refractivity contribution in [3.8, 4) is 0 Å². The van der Waals surface area contributed by atoms with Crippen LogP contribution in [-0.4, -0.2) is 24.8 Å². The van der Waals surface area contributed by atoms with Crippen molar-refractivity contribution < 1.29 is 14.0 Å². The Bertz CT molecular complexity index is 1270. The maximum absolute atomic E-state index is 13.9. The minimum absolute atomic E-state index is 0.0460. The topological polar surface area (TPSA) is 65.8 Å². The van der Waals surface area contributed by atoms with E-state index in [1.54, 1.807) is 11.2 Å². The summed E-state index contributed by atoms with van der Waals surface area (Å²) in [7, 11) is 0. The number of anilines is 3. The third-order valence-electron chi connectivity index (χ3n) is 7.37. The Morgan fingerprint density at radius 1 is 1.00 bits per heavy atom. The Morgan fingerprint density at radius 2 is 1.75 bits per heavy atom. The molecule has 2 atom stereocenters. The van der Waals surface area contributed by atoms with E-state index in [0.29, 0.717) is 30.6 Å². The van der Waals surface area contributed by atoms with E-state index in [0.717, 1.165) is 35.7 Å². The normalized spacial score (nSPS) is 19.3. The van der Waals surface area contributed by atoms with Crippen molar-refractivity contribution in [3.05, 3.63) is 89.5 Å². The van der Waals surface area contributed by atoms with Gasteiger partial charge >= 0.3 is 0 Å². The number of benzene rings is 2. The van der Waals surface area contributed by atoms with Crippen LogP contribution in [0.2, 0.25) is 0 Å². The average molecular weight is 484 g/mol. The second kappa shape index (κ2) is 10.1. The lowest BCUT2D eigenvalue weighted by molar-refractivity contribution is -0.119. The summed E-state index contributed by atoms with van der Waals surface area (Å²) in [5, 5.41) is 3.56. The Hall–Kier alpha value is -3.80. The summed E-state index contributed by atoms with van der Waals surface area (Å²) >= 11 is 0. The molecular weight excluding hydrogens is 450 g/mol. The summed E-state index contributed by atoms with van der Waals surface area (Å²) in [5.41, 5.74) is 5.42. The van der Waals surface area contributed by atoms with Crippen LogP contribution in [0.3, 0.4) is 0 Å². The maximum atomic E-state index is 13.9. The fourth-order valence-corrected chi connectivity index (χ4v) is 5.53. The largest absolute Gasteiger partial charge is 0.467 e. The Labute approximate surface area is 212 Å². The molecule has 0 fully saturated rings. The fraction of sp³-hybridized carbons (Fsp3) is 0.333. The third kappa shape index (κ3) is 4.21. The number of hydrogen-bond donors (Lipinski definition) is 1. The number of amides is 1. The van der Waals surface area contributed by atoms with Crippen LogP contribution < -0.4 is 15.1 Å². The molecule has 1 aromatic heterocycles. The molecule has 1 aliphatic heterocycles. The second-order valence-electron chi connectivity index (χ2n) is 9.36. The minimum atomic E-state index is -0.600. The quantitative estimate of drug-likeness (QED) is 0.437. The lowest BCUT2D eigenvalue weighted by Crippen LogP contribution is -2.38. The summed E-state index contributed by atoms with van der Waals surface area (Å²) in [6.45, 7) is 8.07. The number of allylic oxidation sites excluding steroid dienone is 1. The van der Waals surface area contributed by atoms with Crippen molar-refractivity contribution in [1.29, 1.82) is 0 Å². The molecule has 6 heteroatoms. The van der Waals surface area contributed by atoms with Gasteiger partial charge in [-0.15, -0.1) is 0 Å². The Kier molecular flexibility index (Phi) is 6.68. The fourth-order valence-electron chi connectivity index (χ4n) is 5.53. The van der Waals surface area contributed by atoms with E-state index >= 15 is 0 Å². The Balaban J connectivity index is 1.58. The van der Waals surface area contributed by atoms with Crippen molar-refractivity contribution in [1.82, 2.24) is 0 Å². The van der Waals surface area contributed by atoms with Crippen molar-refractivity contribution in [3.63, 3.8) is 0 Å². The molecule has 2 heterocycles. The molecule has 0 spiro atoms. The number of rotatable bonds is 6. The highest BCUT2D eigenvalue weighted by molar-refractivity contribution is 6.06. The Morgan fingerprint density at radius 3 is 2.42 bits per heavy atom. The standard InChI is InChI=1S/C30H33N3O3/c1-4-28(35)33-25-11-8-7-10-23(25)31-24-18-21(20-13-15-22(16-14-20)32(5-2)6-3)19-26(34)29(24)30(33)27-12-9-17-36-27/h7-17,21,30-31H,4-6,18-19H2,1-3H3. The number of para-hydroxylation sites is 2. The van der Waals surface area contributed by atoms with Gasteiger partial charge in [-0.3, -0.25) is 14.5 Å². The first-order valence-electron chi connectivity index (χ1n) is 12.9. The zero-order valence-electron chi connectivity index (χ0n) is 21.2. The maximum Gasteiger partial charge on any atom is 0.227 e. The average Bonchev–Trinajstić information content (AvgIpc) is 3.39. The summed E-state index contributed by atoms with van der Waals surface area (Å²) in [5.74, 6) is 0.650. The number of Topliss-reactive ketones (excluding diaryl/α,β-unsaturated/α-hetero) is 1. The van der Waals surface area contributed by atoms with Crippen LogP contribution >= 0.6 is 0 Å². The summed E-state index contributed by atoms with van der Waals surface area (Å²) < 4.78 is 5.82. The first kappa shape index (κ1) is 23.9. The molecule has 1 amide bonds. The SMILES string of the molecule is CCC(=O)N1c2ccccc2NC2=C(C(=O)CC(c3ccc(N(CC)CC)cc3)C2)C1c1ccco1. The molecule has 3 aromatic rings. The molecule has 186 valence electrons. The van der Waals surface area contributed by atoms with Gasteiger partial charge in [0.25, 0.3) is 0 Å². The summed E-state index contributed by atoms with van der Waals surface area (Å²) in [4.78, 5) is 31.2. The van der Waals surface area contributed by atoms with Crippen molar-refractivity contribution in [2.75, 3.05) is 28.2 Å². The lowest BCUT2D eigenvalue weighted by Gasteiger charge is -2.33. The molecule has 0 bridgehead atoms. The van der Waals surface area contributed by atoms with Crippen LogP contribution in [0.15, 0.2) is 82.6 Å². The number of furan rings is 1. The molecular formula is C30H33N3O3. The molecule has 0 saturated heterocycles. The van der Waals surface area contributed by atoms with Gasteiger partial charge in [-0.1, -0.05) is 31.2 Å². The van der Waals surface area contributed by atoms with Crippen molar-refractivity contribution in [2.24, 2.45) is 0 Å². The molecule has 2 aromatic carbocycles. The minimum Gasteiger partial charge on any atom is -0.467 e. The molecule has 1 aliphatic carbocycles. The number of nitrogens with one attached hydrogen (secondary N) is 1. The van der Waals surface area contributed by atoms with Gasteiger partial charge in [0.05, 0.1) is 17.6 Å². The van der Waals surface area contributed by atoms with E-state index in [9.17, 15) is 9.59 Å². The molecule has 1 N–H and O–H groups in total. The van der Waals surface area contributed by atoms with Crippen LogP contribution in [0.5, 0.6) is 0 Å². The molecule has 2 unspecified atom stereocenters. The van der Waals surface area contributed by atoms with Gasteiger partial charge < -0.3 is 14.6 Å². The first-order chi connectivity index (χ1) is 17.5. The highest BCUT2D eigenvalue weighted by Crippen LogP contribution is 2.47. The van der Waals surface area contributed by atoms with E-state index in [1.807, 2.05) is 43.3 Å². The number of fused-ring (bicyclic) bond motifs is 1. The van der Waals surface area contributed by atoms with E-state index < -0.39 is 6.04 Å². The van der Waals surface area contributed by atoms with Gasteiger partial charge in [0.2, 0.25) is 5.91 Å². The van der Waals surface area contributed by atoms with Gasteiger partial charge in [-0.25, -0.2) is 0 Å². The van der Waals surface area contributed by atoms with Crippen molar-refractivity contribution >= 4 is 28.8 Å². The van der Waals surface area contributed by atoms with Crippen LogP contribution in [0, 0.1) is 0 Å². The monoisotopic (exact) mass is 483 g/mol. The van der Waals surface area contributed by atoms with Gasteiger partial charge in [0.15, 0.2) is 5.78 Å². The number of carbonyl (C=O) groups is 2. The smallest absolute Gasteiger partial charge is 0.227 e. The van der Waals surface area contributed by atoms with Gasteiger partial charge in [0, 0.05) is 42.9 Å². The first-order valence-corrected chi connectivity index (χ1v) is 12.9. The van der Waals surface area contributed by atoms with Crippen LogP contribution in [0.4, 0.5) is 17.1 Å². The zero-order valence-corrected chi connectivity index (χ0v) is 21.2. The molecule has 36 heavy (non-hydrogen) atoms. The van der Waals surface area contributed by atoms with Crippen LogP contribution in [0.1, 0.15) is 63.3 Å². The van der Waals surface area contributed by atoms with Gasteiger partial charge in [-0.2, -0.15) is 0 Å². The zero-order chi connectivity index (χ0) is 25.2. The third-order valence-corrected chi connectivity index (χ3v) is 7.37. The number of nitrogens with zero attached hydrogens (tertiary/aromatic N) is 2. The van der Waals surface area contributed by atoms with Gasteiger partial charge in [0.1, 0.15) is 11.8 Å².